The van der Waals surface area contributed by atoms with E-state index in [1.807, 2.05) is 24.4 Å². The van der Waals surface area contributed by atoms with Crippen LogP contribution < -0.4 is 4.90 Å². The van der Waals surface area contributed by atoms with Crippen molar-refractivity contribution in [1.82, 2.24) is 4.98 Å². The minimum absolute atomic E-state index is 0.316. The zero-order valence-electron chi connectivity index (χ0n) is 7.81. The molecule has 1 aromatic heterocycles. The predicted octanol–water partition coefficient (Wildman–Crippen LogP) is 1.31. The second kappa shape index (κ2) is 3.75. The molecule has 0 bridgehead atoms. The van der Waals surface area contributed by atoms with Gasteiger partial charge in [-0.05, 0) is 19.1 Å². The van der Waals surface area contributed by atoms with Gasteiger partial charge in [0, 0.05) is 19.3 Å². The Morgan fingerprint density at radius 1 is 1.54 bits per heavy atom. The van der Waals surface area contributed by atoms with Gasteiger partial charge in [0.05, 0.1) is 12.7 Å². The molecule has 2 heterocycles. The van der Waals surface area contributed by atoms with Crippen LogP contribution in [0, 0.1) is 0 Å². The van der Waals surface area contributed by atoms with Gasteiger partial charge in [-0.15, -0.1) is 0 Å². The van der Waals surface area contributed by atoms with Crippen LogP contribution in [0.1, 0.15) is 6.92 Å². The second-order valence-electron chi connectivity index (χ2n) is 3.32. The molecule has 1 aromatic rings. The summed E-state index contributed by atoms with van der Waals surface area (Å²) in [6.45, 7) is 4.78. The van der Waals surface area contributed by atoms with Crippen LogP contribution in [-0.2, 0) is 4.74 Å². The fraction of sp³-hybridized carbons (Fsp3) is 0.500. The van der Waals surface area contributed by atoms with Crippen LogP contribution in [0.25, 0.3) is 0 Å². The van der Waals surface area contributed by atoms with Crippen LogP contribution in [0.2, 0.25) is 0 Å². The standard InChI is InChI=1S/C10H14N2O/c1-9-8-12(6-7-13-9)10-4-2-3-5-11-10/h2-5,9H,6-8H2,1H3/t9-/m0/s1. The van der Waals surface area contributed by atoms with E-state index in [0.717, 1.165) is 25.5 Å². The summed E-state index contributed by atoms with van der Waals surface area (Å²) in [7, 11) is 0. The minimum atomic E-state index is 0.316. The first-order valence-electron chi connectivity index (χ1n) is 4.64. The van der Waals surface area contributed by atoms with Gasteiger partial charge in [-0.25, -0.2) is 4.98 Å². The van der Waals surface area contributed by atoms with Crippen molar-refractivity contribution in [2.24, 2.45) is 0 Å². The number of anilines is 1. The molecule has 3 nitrogen and oxygen atoms in total. The average Bonchev–Trinajstić information content (AvgIpc) is 2.19. The highest BCUT2D eigenvalue weighted by Gasteiger charge is 2.16. The van der Waals surface area contributed by atoms with Crippen molar-refractivity contribution in [3.8, 4) is 0 Å². The molecule has 1 fully saturated rings. The topological polar surface area (TPSA) is 25.4 Å². The van der Waals surface area contributed by atoms with Crippen LogP contribution in [-0.4, -0.2) is 30.8 Å². The van der Waals surface area contributed by atoms with Crippen molar-refractivity contribution < 1.29 is 4.74 Å². The largest absolute Gasteiger partial charge is 0.375 e. The van der Waals surface area contributed by atoms with Gasteiger partial charge < -0.3 is 9.64 Å². The molecule has 0 radical (unpaired) electrons. The summed E-state index contributed by atoms with van der Waals surface area (Å²) in [6, 6.07) is 5.99. The van der Waals surface area contributed by atoms with Crippen molar-refractivity contribution in [2.75, 3.05) is 24.6 Å². The van der Waals surface area contributed by atoms with Crippen LogP contribution in [0.4, 0.5) is 5.82 Å². The lowest BCUT2D eigenvalue weighted by atomic mass is 10.3. The smallest absolute Gasteiger partial charge is 0.128 e. The molecule has 70 valence electrons. The Bertz CT molecular complexity index is 263. The zero-order valence-corrected chi connectivity index (χ0v) is 7.81. The summed E-state index contributed by atoms with van der Waals surface area (Å²) in [5, 5.41) is 0. The van der Waals surface area contributed by atoms with E-state index in [-0.39, 0.29) is 0 Å². The van der Waals surface area contributed by atoms with Crippen LogP contribution in [0.15, 0.2) is 24.4 Å². The van der Waals surface area contributed by atoms with Gasteiger partial charge in [0.2, 0.25) is 0 Å². The van der Waals surface area contributed by atoms with Crippen molar-refractivity contribution >= 4 is 5.82 Å². The van der Waals surface area contributed by atoms with E-state index in [1.54, 1.807) is 0 Å². The fourth-order valence-corrected chi connectivity index (χ4v) is 1.57. The van der Waals surface area contributed by atoms with Gasteiger partial charge in [0.1, 0.15) is 5.82 Å². The highest BCUT2D eigenvalue weighted by Crippen LogP contribution is 2.13. The zero-order chi connectivity index (χ0) is 9.10. The Morgan fingerprint density at radius 3 is 3.15 bits per heavy atom. The number of nitrogens with zero attached hydrogens (tertiary/aromatic N) is 2. The van der Waals surface area contributed by atoms with Crippen molar-refractivity contribution in [1.29, 1.82) is 0 Å². The fourth-order valence-electron chi connectivity index (χ4n) is 1.57. The van der Waals surface area contributed by atoms with Crippen LogP contribution in [0.5, 0.6) is 0 Å². The van der Waals surface area contributed by atoms with Gasteiger partial charge in [0.25, 0.3) is 0 Å². The molecule has 13 heavy (non-hydrogen) atoms. The third-order valence-corrected chi connectivity index (χ3v) is 2.21. The van der Waals surface area contributed by atoms with Gasteiger partial charge in [-0.3, -0.25) is 0 Å². The molecular weight excluding hydrogens is 164 g/mol. The molecular formula is C10H14N2O. The van der Waals surface area contributed by atoms with E-state index in [2.05, 4.69) is 16.8 Å². The molecule has 2 rings (SSSR count). The summed E-state index contributed by atoms with van der Waals surface area (Å²) in [5.41, 5.74) is 0. The average molecular weight is 178 g/mol. The second-order valence-corrected chi connectivity index (χ2v) is 3.32. The normalized spacial score (nSPS) is 23.2. The van der Waals surface area contributed by atoms with E-state index in [1.165, 1.54) is 0 Å². The Hall–Kier alpha value is -1.09. The third kappa shape index (κ3) is 1.98. The number of hydrogen-bond donors (Lipinski definition) is 0. The minimum Gasteiger partial charge on any atom is -0.375 e. The first-order chi connectivity index (χ1) is 6.36. The number of ether oxygens (including phenoxy) is 1. The number of pyridine rings is 1. The molecule has 0 spiro atoms. The molecule has 0 saturated carbocycles. The SMILES string of the molecule is C[C@H]1CN(c2ccccn2)CCO1. The molecule has 1 aliphatic rings. The van der Waals surface area contributed by atoms with Gasteiger partial charge in [-0.2, -0.15) is 0 Å². The maximum atomic E-state index is 5.46. The molecule has 1 atom stereocenters. The quantitative estimate of drug-likeness (QED) is 0.648. The van der Waals surface area contributed by atoms with E-state index in [9.17, 15) is 0 Å². The molecule has 0 amide bonds. The van der Waals surface area contributed by atoms with Gasteiger partial charge >= 0.3 is 0 Å². The lowest BCUT2D eigenvalue weighted by Crippen LogP contribution is -2.41. The first kappa shape index (κ1) is 8.51. The molecule has 0 N–H and O–H groups in total. The molecule has 0 aromatic carbocycles. The van der Waals surface area contributed by atoms with Gasteiger partial charge in [0.15, 0.2) is 0 Å². The van der Waals surface area contributed by atoms with Gasteiger partial charge in [-0.1, -0.05) is 6.07 Å². The number of morpholine rings is 1. The monoisotopic (exact) mass is 178 g/mol. The Morgan fingerprint density at radius 2 is 2.46 bits per heavy atom. The predicted molar refractivity (Wildman–Crippen MR) is 51.9 cm³/mol. The van der Waals surface area contributed by atoms with Crippen LogP contribution >= 0.6 is 0 Å². The van der Waals surface area contributed by atoms with Crippen LogP contribution in [0.3, 0.4) is 0 Å². The van der Waals surface area contributed by atoms with E-state index >= 15 is 0 Å². The van der Waals surface area contributed by atoms with Crippen molar-refractivity contribution in [3.05, 3.63) is 24.4 Å². The lowest BCUT2D eigenvalue weighted by molar-refractivity contribution is 0.0529. The number of aromatic nitrogens is 1. The van der Waals surface area contributed by atoms with Crippen molar-refractivity contribution in [3.63, 3.8) is 0 Å². The highest BCUT2D eigenvalue weighted by atomic mass is 16.5. The molecule has 0 unspecified atom stereocenters. The first-order valence-corrected chi connectivity index (χ1v) is 4.64. The van der Waals surface area contributed by atoms with Crippen molar-refractivity contribution in [2.45, 2.75) is 13.0 Å². The third-order valence-electron chi connectivity index (χ3n) is 2.21. The van der Waals surface area contributed by atoms with E-state index in [0.29, 0.717) is 6.10 Å². The highest BCUT2D eigenvalue weighted by molar-refractivity contribution is 5.38. The molecule has 3 heteroatoms. The molecule has 1 saturated heterocycles. The summed E-state index contributed by atoms with van der Waals surface area (Å²) >= 11 is 0. The number of rotatable bonds is 1. The molecule has 1 aliphatic heterocycles. The maximum absolute atomic E-state index is 5.46. The Labute approximate surface area is 78.3 Å². The summed E-state index contributed by atoms with van der Waals surface area (Å²) in [6.07, 6.45) is 2.14. The maximum Gasteiger partial charge on any atom is 0.128 e. The summed E-state index contributed by atoms with van der Waals surface area (Å²) in [4.78, 5) is 6.57. The number of hydrogen-bond acceptors (Lipinski definition) is 3. The van der Waals surface area contributed by atoms with E-state index < -0.39 is 0 Å². The molecule has 0 aliphatic carbocycles. The summed E-state index contributed by atoms with van der Waals surface area (Å²) in [5.74, 6) is 1.05. The van der Waals surface area contributed by atoms with E-state index in [4.69, 9.17) is 4.74 Å². The Balaban J connectivity index is 2.08. The Kier molecular flexibility index (Phi) is 2.45. The summed E-state index contributed by atoms with van der Waals surface area (Å²) < 4.78 is 5.46. The lowest BCUT2D eigenvalue weighted by Gasteiger charge is -2.31.